The number of ether oxygens (including phenoxy) is 1. The Balaban J connectivity index is 2.25. The minimum absolute atomic E-state index is 0.142. The molecule has 2 heterocycles. The molecular weight excluding hydrogens is 264 g/mol. The maximum atomic E-state index is 11.9. The van der Waals surface area contributed by atoms with E-state index in [-0.39, 0.29) is 18.0 Å². The third-order valence-electron chi connectivity index (χ3n) is 2.65. The molecule has 5 nitrogen and oxygen atoms in total. The van der Waals surface area contributed by atoms with Crippen molar-refractivity contribution in [2.24, 2.45) is 5.73 Å². The van der Waals surface area contributed by atoms with Gasteiger partial charge in [-0.3, -0.25) is 4.79 Å². The predicted octanol–water partition coefficient (Wildman–Crippen LogP) is 1.98. The molecule has 0 aromatic carbocycles. The molecular formula is C13H16N2O3S. The molecule has 0 saturated heterocycles. The van der Waals surface area contributed by atoms with Crippen LogP contribution >= 0.6 is 11.3 Å². The number of nitrogens with zero attached hydrogens (tertiary/aromatic N) is 1. The first-order chi connectivity index (χ1) is 8.99. The van der Waals surface area contributed by atoms with Crippen LogP contribution in [0.5, 0.6) is 0 Å². The summed E-state index contributed by atoms with van der Waals surface area (Å²) in [7, 11) is 0. The first kappa shape index (κ1) is 13.6. The second-order valence-electron chi connectivity index (χ2n) is 4.55. The molecule has 0 spiro atoms. The standard InChI is InChI=1S/C13H16N2O3S/c1-8(2)18-13(17)10-5-6-15-9(3-4-11(14)16)7-19-12(10)15/h5-8H,3-4H2,1-2H3,(H2,14,16). The lowest BCUT2D eigenvalue weighted by Gasteiger charge is -2.05. The Hall–Kier alpha value is -1.82. The van der Waals surface area contributed by atoms with Gasteiger partial charge in [0.2, 0.25) is 5.91 Å². The Morgan fingerprint density at radius 2 is 2.21 bits per heavy atom. The summed E-state index contributed by atoms with van der Waals surface area (Å²) in [4.78, 5) is 23.5. The van der Waals surface area contributed by atoms with E-state index in [2.05, 4.69) is 0 Å². The van der Waals surface area contributed by atoms with Gasteiger partial charge >= 0.3 is 5.97 Å². The number of esters is 1. The molecule has 2 aromatic rings. The zero-order chi connectivity index (χ0) is 14.0. The number of carbonyl (C=O) groups is 2. The molecule has 0 bridgehead atoms. The number of aryl methyl sites for hydroxylation is 1. The highest BCUT2D eigenvalue weighted by atomic mass is 32.1. The summed E-state index contributed by atoms with van der Waals surface area (Å²) in [6.07, 6.45) is 2.55. The summed E-state index contributed by atoms with van der Waals surface area (Å²) in [6, 6.07) is 1.74. The highest BCUT2D eigenvalue weighted by Gasteiger charge is 2.17. The van der Waals surface area contributed by atoms with Crippen LogP contribution in [0.1, 0.15) is 36.3 Å². The molecule has 6 heteroatoms. The molecule has 1 amide bonds. The minimum atomic E-state index is -0.328. The Kier molecular flexibility index (Phi) is 3.90. The normalized spacial score (nSPS) is 11.1. The zero-order valence-electron chi connectivity index (χ0n) is 10.9. The molecule has 0 aliphatic heterocycles. The fraction of sp³-hybridized carbons (Fsp3) is 0.385. The Morgan fingerprint density at radius 3 is 2.84 bits per heavy atom. The summed E-state index contributed by atoms with van der Waals surface area (Å²) >= 11 is 1.46. The third-order valence-corrected chi connectivity index (χ3v) is 3.68. The van der Waals surface area contributed by atoms with Crippen LogP contribution in [0.2, 0.25) is 0 Å². The van der Waals surface area contributed by atoms with Crippen LogP contribution in [0.3, 0.4) is 0 Å². The van der Waals surface area contributed by atoms with Crippen molar-refractivity contribution in [1.29, 1.82) is 0 Å². The second kappa shape index (κ2) is 5.44. The van der Waals surface area contributed by atoms with Crippen molar-refractivity contribution in [2.75, 3.05) is 0 Å². The molecule has 2 N–H and O–H groups in total. The summed E-state index contributed by atoms with van der Waals surface area (Å²) < 4.78 is 7.10. The number of hydrogen-bond acceptors (Lipinski definition) is 4. The van der Waals surface area contributed by atoms with Crippen LogP contribution in [-0.2, 0) is 16.0 Å². The molecule has 0 fully saturated rings. The molecule has 0 atom stereocenters. The maximum absolute atomic E-state index is 11.9. The van der Waals surface area contributed by atoms with Crippen LogP contribution in [0.25, 0.3) is 4.83 Å². The first-order valence-corrected chi connectivity index (χ1v) is 6.93. The highest BCUT2D eigenvalue weighted by molar-refractivity contribution is 7.16. The van der Waals surface area contributed by atoms with E-state index in [0.29, 0.717) is 18.4 Å². The van der Waals surface area contributed by atoms with E-state index >= 15 is 0 Å². The van der Waals surface area contributed by atoms with Crippen molar-refractivity contribution in [3.63, 3.8) is 0 Å². The fourth-order valence-corrected chi connectivity index (χ4v) is 2.86. The second-order valence-corrected chi connectivity index (χ2v) is 5.41. The summed E-state index contributed by atoms with van der Waals surface area (Å²) in [5, 5.41) is 1.93. The van der Waals surface area contributed by atoms with Gasteiger partial charge in [0.1, 0.15) is 4.83 Å². The van der Waals surface area contributed by atoms with Crippen molar-refractivity contribution < 1.29 is 14.3 Å². The number of carbonyl (C=O) groups excluding carboxylic acids is 2. The van der Waals surface area contributed by atoms with E-state index in [1.165, 1.54) is 11.3 Å². The summed E-state index contributed by atoms with van der Waals surface area (Å²) in [6.45, 7) is 3.63. The van der Waals surface area contributed by atoms with E-state index in [9.17, 15) is 9.59 Å². The zero-order valence-corrected chi connectivity index (χ0v) is 11.7. The number of amides is 1. The Bertz CT molecular complexity index is 612. The average molecular weight is 280 g/mol. The lowest BCUT2D eigenvalue weighted by molar-refractivity contribution is -0.118. The highest BCUT2D eigenvalue weighted by Crippen LogP contribution is 2.24. The van der Waals surface area contributed by atoms with E-state index in [1.807, 2.05) is 29.8 Å². The predicted molar refractivity (Wildman–Crippen MR) is 73.3 cm³/mol. The van der Waals surface area contributed by atoms with Gasteiger partial charge in [-0.05, 0) is 26.3 Å². The first-order valence-electron chi connectivity index (χ1n) is 6.05. The third kappa shape index (κ3) is 2.96. The van der Waals surface area contributed by atoms with Crippen molar-refractivity contribution in [3.05, 3.63) is 28.9 Å². The van der Waals surface area contributed by atoms with Gasteiger partial charge < -0.3 is 14.9 Å². The Labute approximate surface area is 115 Å². The van der Waals surface area contributed by atoms with Gasteiger partial charge in [0.05, 0.1) is 11.7 Å². The van der Waals surface area contributed by atoms with Gasteiger partial charge in [0.15, 0.2) is 0 Å². The van der Waals surface area contributed by atoms with Gasteiger partial charge in [0.25, 0.3) is 0 Å². The van der Waals surface area contributed by atoms with Crippen LogP contribution in [0.4, 0.5) is 0 Å². The number of thiazole rings is 1. The topological polar surface area (TPSA) is 73.8 Å². The number of fused-ring (bicyclic) bond motifs is 1. The molecule has 0 aliphatic carbocycles. The summed E-state index contributed by atoms with van der Waals surface area (Å²) in [5.41, 5.74) is 6.68. The number of aromatic nitrogens is 1. The molecule has 2 rings (SSSR count). The van der Waals surface area contributed by atoms with Crippen LogP contribution in [0, 0.1) is 0 Å². The number of rotatable bonds is 5. The van der Waals surface area contributed by atoms with Gasteiger partial charge in [-0.2, -0.15) is 0 Å². The number of nitrogens with two attached hydrogens (primary N) is 1. The summed E-state index contributed by atoms with van der Waals surface area (Å²) in [5.74, 6) is -0.647. The molecule has 0 radical (unpaired) electrons. The average Bonchev–Trinajstić information content (AvgIpc) is 2.85. The fourth-order valence-electron chi connectivity index (χ4n) is 1.81. The van der Waals surface area contributed by atoms with Crippen LogP contribution < -0.4 is 5.73 Å². The van der Waals surface area contributed by atoms with E-state index in [0.717, 1.165) is 10.5 Å². The van der Waals surface area contributed by atoms with E-state index in [4.69, 9.17) is 10.5 Å². The van der Waals surface area contributed by atoms with Crippen molar-refractivity contribution in [2.45, 2.75) is 32.8 Å². The van der Waals surface area contributed by atoms with Gasteiger partial charge in [-0.25, -0.2) is 4.79 Å². The van der Waals surface area contributed by atoms with Crippen LogP contribution in [0.15, 0.2) is 17.6 Å². The molecule has 0 unspecified atom stereocenters. The Morgan fingerprint density at radius 1 is 1.47 bits per heavy atom. The maximum Gasteiger partial charge on any atom is 0.341 e. The quantitative estimate of drug-likeness (QED) is 0.851. The molecule has 0 saturated carbocycles. The largest absolute Gasteiger partial charge is 0.459 e. The van der Waals surface area contributed by atoms with Crippen LogP contribution in [-0.4, -0.2) is 22.4 Å². The van der Waals surface area contributed by atoms with Gasteiger partial charge in [-0.15, -0.1) is 11.3 Å². The van der Waals surface area contributed by atoms with Crippen molar-refractivity contribution >= 4 is 28.0 Å². The lowest BCUT2D eigenvalue weighted by Crippen LogP contribution is -2.11. The molecule has 2 aromatic heterocycles. The van der Waals surface area contributed by atoms with Gasteiger partial charge in [0, 0.05) is 23.7 Å². The number of hydrogen-bond donors (Lipinski definition) is 1. The monoisotopic (exact) mass is 280 g/mol. The molecule has 102 valence electrons. The van der Waals surface area contributed by atoms with Crippen molar-refractivity contribution in [3.8, 4) is 0 Å². The molecule has 0 aliphatic rings. The smallest absolute Gasteiger partial charge is 0.341 e. The molecule has 19 heavy (non-hydrogen) atoms. The number of primary amides is 1. The van der Waals surface area contributed by atoms with E-state index < -0.39 is 0 Å². The SMILES string of the molecule is CC(C)OC(=O)c1ccn2c(CCC(N)=O)csc12. The van der Waals surface area contributed by atoms with E-state index in [1.54, 1.807) is 6.07 Å². The van der Waals surface area contributed by atoms with Gasteiger partial charge in [-0.1, -0.05) is 0 Å². The minimum Gasteiger partial charge on any atom is -0.459 e. The lowest BCUT2D eigenvalue weighted by atomic mass is 10.2. The van der Waals surface area contributed by atoms with Crippen molar-refractivity contribution in [1.82, 2.24) is 4.40 Å².